The molecule has 0 radical (unpaired) electrons. The molecule has 136 valence electrons. The Labute approximate surface area is 140 Å². The maximum Gasteiger partial charge on any atom is 0.434 e. The van der Waals surface area contributed by atoms with Crippen LogP contribution in [0.1, 0.15) is 46.5 Å². The van der Waals surface area contributed by atoms with E-state index >= 15 is 0 Å². The van der Waals surface area contributed by atoms with Crippen LogP contribution < -0.4 is 0 Å². The molecule has 0 aromatic heterocycles. The van der Waals surface area contributed by atoms with Crippen LogP contribution >= 0.6 is 0 Å². The zero-order valence-corrected chi connectivity index (χ0v) is 14.2. The first kappa shape index (κ1) is 18.5. The van der Waals surface area contributed by atoms with Gasteiger partial charge in [-0.1, -0.05) is 0 Å². The highest BCUT2D eigenvalue weighted by molar-refractivity contribution is 5.81. The third-order valence-electron chi connectivity index (χ3n) is 3.56. The van der Waals surface area contributed by atoms with Crippen molar-refractivity contribution in [2.75, 3.05) is 13.1 Å². The summed E-state index contributed by atoms with van der Waals surface area (Å²) in [4.78, 5) is 46.2. The summed E-state index contributed by atoms with van der Waals surface area (Å²) in [6.45, 7) is 5.85. The maximum absolute atomic E-state index is 12.5. The van der Waals surface area contributed by atoms with Gasteiger partial charge in [-0.25, -0.2) is 14.7 Å². The summed E-state index contributed by atoms with van der Waals surface area (Å²) in [6.07, 6.45) is -0.684. The number of rotatable bonds is 2. The average Bonchev–Trinajstić information content (AvgIpc) is 2.53. The number of nitrogens with zero attached hydrogens (tertiary/aromatic N) is 2. The predicted molar refractivity (Wildman–Crippen MR) is 80.5 cm³/mol. The van der Waals surface area contributed by atoms with Gasteiger partial charge in [-0.2, -0.15) is 5.06 Å². The highest BCUT2D eigenvalue weighted by Crippen LogP contribution is 2.22. The van der Waals surface area contributed by atoms with Crippen LogP contribution in [0.4, 0.5) is 4.79 Å². The summed E-state index contributed by atoms with van der Waals surface area (Å²) in [5.41, 5.74) is -0.665. The average molecular weight is 344 g/mol. The number of amides is 2. The zero-order chi connectivity index (χ0) is 17.9. The number of ether oxygens (including phenoxy) is 1. The van der Waals surface area contributed by atoms with Gasteiger partial charge in [0.2, 0.25) is 0 Å². The molecule has 9 heteroatoms. The summed E-state index contributed by atoms with van der Waals surface area (Å²) in [6, 6.07) is 0. The quantitative estimate of drug-likeness (QED) is 0.805. The Morgan fingerprint density at radius 3 is 2.12 bits per heavy atom. The number of carbonyl (C=O) groups is 3. The maximum atomic E-state index is 12.5. The number of carbonyl (C=O) groups excluding carboxylic acids is 2. The van der Waals surface area contributed by atoms with E-state index in [1.807, 2.05) is 0 Å². The van der Waals surface area contributed by atoms with Gasteiger partial charge in [0.15, 0.2) is 12.2 Å². The van der Waals surface area contributed by atoms with Crippen LogP contribution in [0.5, 0.6) is 0 Å². The second kappa shape index (κ2) is 7.35. The largest absolute Gasteiger partial charge is 0.479 e. The molecule has 9 nitrogen and oxygen atoms in total. The van der Waals surface area contributed by atoms with Crippen LogP contribution in [-0.2, 0) is 24.0 Å². The summed E-state index contributed by atoms with van der Waals surface area (Å²) in [7, 11) is 0. The van der Waals surface area contributed by atoms with Crippen LogP contribution in [0.25, 0.3) is 0 Å². The van der Waals surface area contributed by atoms with Gasteiger partial charge in [-0.3, -0.25) is 14.5 Å². The molecule has 2 aliphatic heterocycles. The smallest absolute Gasteiger partial charge is 0.434 e. The molecule has 2 saturated heterocycles. The topological polar surface area (TPSA) is 106 Å². The van der Waals surface area contributed by atoms with Crippen molar-refractivity contribution >= 4 is 18.0 Å². The van der Waals surface area contributed by atoms with Crippen LogP contribution in [0.15, 0.2) is 0 Å². The van der Waals surface area contributed by atoms with Gasteiger partial charge in [-0.05, 0) is 46.5 Å². The van der Waals surface area contributed by atoms with Crippen LogP contribution in [0, 0.1) is 0 Å². The second-order valence-corrected chi connectivity index (χ2v) is 6.83. The van der Waals surface area contributed by atoms with E-state index in [4.69, 9.17) is 19.5 Å². The van der Waals surface area contributed by atoms with E-state index in [9.17, 15) is 14.4 Å². The van der Waals surface area contributed by atoms with E-state index in [1.165, 1.54) is 0 Å². The van der Waals surface area contributed by atoms with Gasteiger partial charge < -0.3 is 9.84 Å². The highest BCUT2D eigenvalue weighted by Gasteiger charge is 2.37. The first-order valence-electron chi connectivity index (χ1n) is 8.05. The Morgan fingerprint density at radius 1 is 1.00 bits per heavy atom. The van der Waals surface area contributed by atoms with E-state index in [0.717, 1.165) is 10.1 Å². The molecule has 2 fully saturated rings. The van der Waals surface area contributed by atoms with E-state index in [2.05, 4.69) is 0 Å². The number of hydrogen-bond donors (Lipinski definition) is 1. The molecule has 2 rings (SSSR count). The second-order valence-electron chi connectivity index (χ2n) is 6.83. The third kappa shape index (κ3) is 4.81. The number of hydrogen-bond acceptors (Lipinski definition) is 6. The van der Waals surface area contributed by atoms with Crippen molar-refractivity contribution in [2.45, 2.75) is 64.3 Å². The van der Waals surface area contributed by atoms with Gasteiger partial charge in [0.05, 0.1) is 6.54 Å². The lowest BCUT2D eigenvalue weighted by molar-refractivity contribution is -0.252. The Morgan fingerprint density at radius 2 is 1.54 bits per heavy atom. The lowest BCUT2D eigenvalue weighted by Gasteiger charge is -2.36. The highest BCUT2D eigenvalue weighted by atomic mass is 16.7. The van der Waals surface area contributed by atoms with Crippen molar-refractivity contribution < 1.29 is 33.9 Å². The van der Waals surface area contributed by atoms with E-state index in [1.54, 1.807) is 20.8 Å². The standard InChI is InChI=1S/C15H24N2O7/c1-15(2,3)22-14(21)17-9-4-6-10(23-17)12(18)16-8-5-7-11(24-16)13(19)20/h10-11H,4-9H2,1-3H3,(H,19,20)/t10-,11+/m0/s1. The summed E-state index contributed by atoms with van der Waals surface area (Å²) < 4.78 is 5.23. The van der Waals surface area contributed by atoms with Crippen molar-refractivity contribution in [1.82, 2.24) is 10.1 Å². The molecule has 24 heavy (non-hydrogen) atoms. The van der Waals surface area contributed by atoms with Gasteiger partial charge in [0.1, 0.15) is 5.60 Å². The van der Waals surface area contributed by atoms with Gasteiger partial charge in [-0.15, -0.1) is 0 Å². The molecular weight excluding hydrogens is 320 g/mol. The number of hydroxylamine groups is 4. The van der Waals surface area contributed by atoms with Gasteiger partial charge in [0.25, 0.3) is 5.91 Å². The Hall–Kier alpha value is -1.87. The molecular formula is C15H24N2O7. The number of carboxylic acid groups (broad SMARTS) is 1. The monoisotopic (exact) mass is 344 g/mol. The molecule has 0 unspecified atom stereocenters. The summed E-state index contributed by atoms with van der Waals surface area (Å²) in [5.74, 6) is -1.58. The SMILES string of the molecule is CC(C)(C)OC(=O)N1CCC[C@@H](C(=O)N2CCC[C@H](C(=O)O)O2)O1. The molecule has 0 aromatic rings. The first-order valence-corrected chi connectivity index (χ1v) is 8.05. The number of carboxylic acids is 1. The lowest BCUT2D eigenvalue weighted by Crippen LogP contribution is -2.52. The first-order chi connectivity index (χ1) is 11.2. The number of aliphatic carboxylic acids is 1. The van der Waals surface area contributed by atoms with E-state index < -0.39 is 35.8 Å². The molecule has 1 N–H and O–H groups in total. The fourth-order valence-electron chi connectivity index (χ4n) is 2.47. The molecule has 0 spiro atoms. The van der Waals surface area contributed by atoms with E-state index in [0.29, 0.717) is 38.8 Å². The minimum Gasteiger partial charge on any atom is -0.479 e. The van der Waals surface area contributed by atoms with Crippen molar-refractivity contribution in [3.05, 3.63) is 0 Å². The van der Waals surface area contributed by atoms with Gasteiger partial charge >= 0.3 is 12.1 Å². The lowest BCUT2D eigenvalue weighted by atomic mass is 10.1. The summed E-state index contributed by atoms with van der Waals surface area (Å²) in [5, 5.41) is 11.1. The molecule has 0 aromatic carbocycles. The molecule has 0 saturated carbocycles. The normalized spacial score (nSPS) is 25.3. The van der Waals surface area contributed by atoms with Crippen LogP contribution in [0.3, 0.4) is 0 Å². The Bertz CT molecular complexity index is 503. The molecule has 0 bridgehead atoms. The molecule has 2 amide bonds. The van der Waals surface area contributed by atoms with Crippen molar-refractivity contribution in [2.24, 2.45) is 0 Å². The van der Waals surface area contributed by atoms with Crippen LogP contribution in [-0.4, -0.2) is 64.1 Å². The van der Waals surface area contributed by atoms with Crippen molar-refractivity contribution in [3.8, 4) is 0 Å². The Kier molecular flexibility index (Phi) is 5.66. The molecule has 2 atom stereocenters. The predicted octanol–water partition coefficient (Wildman–Crippen LogP) is 1.32. The van der Waals surface area contributed by atoms with Crippen LogP contribution in [0.2, 0.25) is 0 Å². The fourth-order valence-corrected chi connectivity index (χ4v) is 2.47. The Balaban J connectivity index is 1.95. The fraction of sp³-hybridized carbons (Fsp3) is 0.800. The molecule has 2 aliphatic rings. The van der Waals surface area contributed by atoms with Crippen molar-refractivity contribution in [1.29, 1.82) is 0 Å². The molecule has 2 heterocycles. The van der Waals surface area contributed by atoms with Gasteiger partial charge in [0, 0.05) is 6.54 Å². The molecule has 0 aliphatic carbocycles. The third-order valence-corrected chi connectivity index (χ3v) is 3.56. The van der Waals surface area contributed by atoms with Crippen molar-refractivity contribution in [3.63, 3.8) is 0 Å². The summed E-state index contributed by atoms with van der Waals surface area (Å²) >= 11 is 0. The minimum absolute atomic E-state index is 0.301. The minimum atomic E-state index is -1.10. The van der Waals surface area contributed by atoms with E-state index in [-0.39, 0.29) is 0 Å². The zero-order valence-electron chi connectivity index (χ0n) is 14.2.